The molecule has 0 saturated carbocycles. The summed E-state index contributed by atoms with van der Waals surface area (Å²) >= 11 is 0. The smallest absolute Gasteiger partial charge is 0.336 e. The first-order valence-corrected chi connectivity index (χ1v) is 12.0. The minimum atomic E-state index is -0.279. The standard InChI is InChI=1S/C26H41NO2/c1-2-3-4-5-6-7-8-9-10-11-12-13-14-15-16-17-22-20-26(28)29-25-21-23(27)18-19-24(22)25/h18-21H,2-17,27H2,1H3. The molecule has 0 atom stereocenters. The van der Waals surface area contributed by atoms with Gasteiger partial charge in [-0.1, -0.05) is 96.8 Å². The van der Waals surface area contributed by atoms with Gasteiger partial charge in [-0.3, -0.25) is 0 Å². The van der Waals surface area contributed by atoms with Crippen molar-refractivity contribution in [3.05, 3.63) is 40.2 Å². The SMILES string of the molecule is CCCCCCCCCCCCCCCCCc1cc(=O)oc2cc(N)ccc12. The van der Waals surface area contributed by atoms with E-state index < -0.39 is 0 Å². The Bertz CT molecular complexity index is 750. The fraction of sp³-hybridized carbons (Fsp3) is 0.654. The Balaban J connectivity index is 1.49. The average Bonchev–Trinajstić information content (AvgIpc) is 2.70. The Morgan fingerprint density at radius 1 is 0.724 bits per heavy atom. The lowest BCUT2D eigenvalue weighted by molar-refractivity contribution is 0.531. The van der Waals surface area contributed by atoms with Gasteiger partial charge in [-0.25, -0.2) is 4.79 Å². The zero-order valence-corrected chi connectivity index (χ0v) is 18.5. The highest BCUT2D eigenvalue weighted by Gasteiger charge is 2.06. The van der Waals surface area contributed by atoms with Crippen molar-refractivity contribution >= 4 is 16.7 Å². The van der Waals surface area contributed by atoms with E-state index in [0.717, 1.165) is 23.8 Å². The van der Waals surface area contributed by atoms with E-state index in [1.54, 1.807) is 12.1 Å². The molecule has 0 fully saturated rings. The van der Waals surface area contributed by atoms with Gasteiger partial charge in [-0.05, 0) is 30.5 Å². The predicted molar refractivity (Wildman–Crippen MR) is 126 cm³/mol. The monoisotopic (exact) mass is 399 g/mol. The summed E-state index contributed by atoms with van der Waals surface area (Å²) in [5.41, 5.74) is 7.84. The van der Waals surface area contributed by atoms with E-state index in [1.807, 2.05) is 12.1 Å². The number of benzene rings is 1. The maximum absolute atomic E-state index is 11.8. The number of nitrogen functional groups attached to an aromatic ring is 1. The van der Waals surface area contributed by atoms with Crippen LogP contribution in [0.25, 0.3) is 11.0 Å². The topological polar surface area (TPSA) is 56.2 Å². The van der Waals surface area contributed by atoms with E-state index in [0.29, 0.717) is 11.3 Å². The summed E-state index contributed by atoms with van der Waals surface area (Å²) in [5.74, 6) is 0. The van der Waals surface area contributed by atoms with Crippen molar-refractivity contribution in [1.82, 2.24) is 0 Å². The molecule has 2 rings (SSSR count). The predicted octanol–water partition coefficient (Wildman–Crippen LogP) is 7.79. The van der Waals surface area contributed by atoms with Gasteiger partial charge in [0.2, 0.25) is 0 Å². The number of fused-ring (bicyclic) bond motifs is 1. The van der Waals surface area contributed by atoms with Crippen molar-refractivity contribution in [2.75, 3.05) is 5.73 Å². The van der Waals surface area contributed by atoms with Gasteiger partial charge < -0.3 is 10.2 Å². The number of hydrogen-bond donors (Lipinski definition) is 1. The first-order chi connectivity index (χ1) is 14.2. The average molecular weight is 400 g/mol. The lowest BCUT2D eigenvalue weighted by Gasteiger charge is -2.06. The van der Waals surface area contributed by atoms with Crippen LogP contribution in [0, 0.1) is 0 Å². The summed E-state index contributed by atoms with van der Waals surface area (Å²) in [6.07, 6.45) is 21.4. The van der Waals surface area contributed by atoms with E-state index in [-0.39, 0.29) is 5.63 Å². The van der Waals surface area contributed by atoms with Gasteiger partial charge in [0.15, 0.2) is 0 Å². The van der Waals surface area contributed by atoms with Crippen molar-refractivity contribution in [3.63, 3.8) is 0 Å². The number of hydrogen-bond acceptors (Lipinski definition) is 3. The van der Waals surface area contributed by atoms with Crippen molar-refractivity contribution in [2.45, 2.75) is 110 Å². The molecule has 0 saturated heterocycles. The molecule has 0 spiro atoms. The number of anilines is 1. The lowest BCUT2D eigenvalue weighted by atomic mass is 10.0. The third kappa shape index (κ3) is 9.51. The zero-order chi connectivity index (χ0) is 20.7. The van der Waals surface area contributed by atoms with Crippen molar-refractivity contribution in [2.24, 2.45) is 0 Å². The van der Waals surface area contributed by atoms with Gasteiger partial charge in [0.05, 0.1) is 0 Å². The van der Waals surface area contributed by atoms with Gasteiger partial charge >= 0.3 is 5.63 Å². The Kier molecular flexibility index (Phi) is 11.6. The fourth-order valence-corrected chi connectivity index (χ4v) is 4.14. The van der Waals surface area contributed by atoms with E-state index in [4.69, 9.17) is 10.2 Å². The molecular weight excluding hydrogens is 358 g/mol. The van der Waals surface area contributed by atoms with Crippen LogP contribution >= 0.6 is 0 Å². The van der Waals surface area contributed by atoms with Crippen LogP contribution in [0.1, 0.15) is 109 Å². The summed E-state index contributed by atoms with van der Waals surface area (Å²) < 4.78 is 5.28. The van der Waals surface area contributed by atoms with Crippen LogP contribution < -0.4 is 11.4 Å². The second kappa shape index (κ2) is 14.3. The molecule has 0 bridgehead atoms. The molecule has 0 amide bonds. The molecule has 0 unspecified atom stereocenters. The van der Waals surface area contributed by atoms with Gasteiger partial charge in [0.25, 0.3) is 0 Å². The van der Waals surface area contributed by atoms with Gasteiger partial charge in [-0.2, -0.15) is 0 Å². The Morgan fingerprint density at radius 3 is 1.79 bits per heavy atom. The third-order valence-electron chi connectivity index (χ3n) is 5.90. The van der Waals surface area contributed by atoms with Crippen molar-refractivity contribution in [3.8, 4) is 0 Å². The molecule has 0 aliphatic heterocycles. The number of aryl methyl sites for hydroxylation is 1. The van der Waals surface area contributed by atoms with Crippen molar-refractivity contribution < 1.29 is 4.42 Å². The second-order valence-corrected chi connectivity index (χ2v) is 8.55. The minimum absolute atomic E-state index is 0.279. The molecule has 162 valence electrons. The molecule has 1 heterocycles. The molecule has 0 radical (unpaired) electrons. The van der Waals surface area contributed by atoms with E-state index >= 15 is 0 Å². The minimum Gasteiger partial charge on any atom is -0.423 e. The number of unbranched alkanes of at least 4 members (excludes halogenated alkanes) is 14. The van der Waals surface area contributed by atoms with Crippen LogP contribution in [-0.2, 0) is 6.42 Å². The first-order valence-electron chi connectivity index (χ1n) is 12.0. The largest absolute Gasteiger partial charge is 0.423 e. The molecule has 29 heavy (non-hydrogen) atoms. The van der Waals surface area contributed by atoms with E-state index in [2.05, 4.69) is 6.92 Å². The van der Waals surface area contributed by atoms with Crippen molar-refractivity contribution in [1.29, 1.82) is 0 Å². The summed E-state index contributed by atoms with van der Waals surface area (Å²) in [6, 6.07) is 7.22. The molecule has 3 heteroatoms. The van der Waals surface area contributed by atoms with Crippen LogP contribution in [0.3, 0.4) is 0 Å². The molecular formula is C26H41NO2. The quantitative estimate of drug-likeness (QED) is 0.178. The fourth-order valence-electron chi connectivity index (χ4n) is 4.14. The summed E-state index contributed by atoms with van der Waals surface area (Å²) in [5, 5.41) is 1.02. The highest BCUT2D eigenvalue weighted by atomic mass is 16.4. The van der Waals surface area contributed by atoms with Crippen LogP contribution in [0.2, 0.25) is 0 Å². The first kappa shape index (κ1) is 23.5. The van der Waals surface area contributed by atoms with Crippen LogP contribution in [0.4, 0.5) is 5.69 Å². The highest BCUT2D eigenvalue weighted by Crippen LogP contribution is 2.21. The Labute approximate surface area is 177 Å². The third-order valence-corrected chi connectivity index (χ3v) is 5.90. The summed E-state index contributed by atoms with van der Waals surface area (Å²) in [7, 11) is 0. The molecule has 0 aliphatic carbocycles. The van der Waals surface area contributed by atoms with E-state index in [9.17, 15) is 4.79 Å². The maximum atomic E-state index is 11.8. The Morgan fingerprint density at radius 2 is 1.24 bits per heavy atom. The molecule has 1 aromatic carbocycles. The second-order valence-electron chi connectivity index (χ2n) is 8.55. The Hall–Kier alpha value is -1.77. The highest BCUT2D eigenvalue weighted by molar-refractivity contribution is 5.83. The zero-order valence-electron chi connectivity index (χ0n) is 18.5. The number of rotatable bonds is 16. The van der Waals surface area contributed by atoms with Gasteiger partial charge in [-0.15, -0.1) is 0 Å². The molecule has 2 N–H and O–H groups in total. The lowest BCUT2D eigenvalue weighted by Crippen LogP contribution is -2.01. The van der Waals surface area contributed by atoms with Gasteiger partial charge in [0.1, 0.15) is 5.58 Å². The maximum Gasteiger partial charge on any atom is 0.336 e. The van der Waals surface area contributed by atoms with Crippen LogP contribution in [-0.4, -0.2) is 0 Å². The molecule has 0 aliphatic rings. The number of nitrogens with two attached hydrogens (primary N) is 1. The van der Waals surface area contributed by atoms with Crippen LogP contribution in [0.5, 0.6) is 0 Å². The summed E-state index contributed by atoms with van der Waals surface area (Å²) in [4.78, 5) is 11.8. The van der Waals surface area contributed by atoms with E-state index in [1.165, 1.54) is 89.9 Å². The van der Waals surface area contributed by atoms with Gasteiger partial charge in [0, 0.05) is 23.2 Å². The molecule has 2 aromatic rings. The normalized spacial score (nSPS) is 11.3. The summed E-state index contributed by atoms with van der Waals surface area (Å²) in [6.45, 7) is 2.28. The van der Waals surface area contributed by atoms with Crippen LogP contribution in [0.15, 0.2) is 33.5 Å². The molecule has 1 aromatic heterocycles. The molecule has 3 nitrogen and oxygen atoms in total.